The average Bonchev–Trinajstić information content (AvgIpc) is 3.27. The van der Waals surface area contributed by atoms with E-state index in [0.717, 1.165) is 28.5 Å². The molecule has 0 saturated carbocycles. The van der Waals surface area contributed by atoms with E-state index < -0.39 is 17.7 Å². The summed E-state index contributed by atoms with van der Waals surface area (Å²) in [4.78, 5) is 28.1. The van der Waals surface area contributed by atoms with Crippen LogP contribution in [-0.2, 0) is 4.79 Å². The molecule has 4 rings (SSSR count). The molecule has 0 saturated heterocycles. The molecule has 0 spiro atoms. The van der Waals surface area contributed by atoms with Crippen molar-refractivity contribution in [3.8, 4) is 5.69 Å². The van der Waals surface area contributed by atoms with Gasteiger partial charge in [-0.05, 0) is 41.0 Å². The fourth-order valence-corrected chi connectivity index (χ4v) is 3.33. The number of benzene rings is 3. The second-order valence-electron chi connectivity index (χ2n) is 7.00. The zero-order valence-corrected chi connectivity index (χ0v) is 16.5. The first-order chi connectivity index (χ1) is 14.9. The van der Waals surface area contributed by atoms with Crippen LogP contribution in [0.5, 0.6) is 0 Å². The number of nitrogens with one attached hydrogen (secondary N) is 1. The van der Waals surface area contributed by atoms with Crippen molar-refractivity contribution in [2.45, 2.75) is 6.92 Å². The average molecular weight is 415 g/mol. The quantitative estimate of drug-likeness (QED) is 0.454. The van der Waals surface area contributed by atoms with Crippen LogP contribution in [0.2, 0.25) is 0 Å². The number of amides is 1. The minimum Gasteiger partial charge on any atom is -0.478 e. The van der Waals surface area contributed by atoms with E-state index in [9.17, 15) is 19.1 Å². The molecule has 4 aromatic rings. The number of aromatic nitrogens is 2. The van der Waals surface area contributed by atoms with E-state index in [2.05, 4.69) is 10.3 Å². The minimum atomic E-state index is -1.29. The third-order valence-corrected chi connectivity index (χ3v) is 4.91. The molecular weight excluding hydrogens is 397 g/mol. The van der Waals surface area contributed by atoms with E-state index in [1.165, 1.54) is 29.4 Å². The fraction of sp³-hybridized carbons (Fsp3) is 0.0417. The maximum Gasteiger partial charge on any atom is 0.337 e. The van der Waals surface area contributed by atoms with Gasteiger partial charge in [0.25, 0.3) is 0 Å². The molecule has 7 heteroatoms. The van der Waals surface area contributed by atoms with Crippen LogP contribution in [0.15, 0.2) is 79.4 Å². The van der Waals surface area contributed by atoms with Gasteiger partial charge in [-0.1, -0.05) is 36.4 Å². The number of carbonyl (C=O) groups excluding carboxylic acids is 1. The van der Waals surface area contributed by atoms with Gasteiger partial charge >= 0.3 is 5.97 Å². The largest absolute Gasteiger partial charge is 0.478 e. The summed E-state index contributed by atoms with van der Waals surface area (Å²) in [7, 11) is 0. The molecule has 1 amide bonds. The zero-order valence-electron chi connectivity index (χ0n) is 16.5. The van der Waals surface area contributed by atoms with Crippen molar-refractivity contribution >= 4 is 33.9 Å². The highest BCUT2D eigenvalue weighted by Gasteiger charge is 2.17. The topological polar surface area (TPSA) is 84.2 Å². The Morgan fingerprint density at radius 3 is 2.58 bits per heavy atom. The Hall–Kier alpha value is -4.26. The Morgan fingerprint density at radius 1 is 1.10 bits per heavy atom. The molecule has 2 N–H and O–H groups in total. The van der Waals surface area contributed by atoms with Gasteiger partial charge in [-0.25, -0.2) is 14.2 Å². The molecule has 1 aromatic heterocycles. The number of anilines is 1. The van der Waals surface area contributed by atoms with Gasteiger partial charge in [0.15, 0.2) is 0 Å². The van der Waals surface area contributed by atoms with Gasteiger partial charge in [-0.3, -0.25) is 4.79 Å². The van der Waals surface area contributed by atoms with E-state index in [0.29, 0.717) is 5.57 Å². The smallest absolute Gasteiger partial charge is 0.337 e. The summed E-state index contributed by atoms with van der Waals surface area (Å²) in [6.07, 6.45) is 5.67. The fourth-order valence-electron chi connectivity index (χ4n) is 3.33. The first-order valence-electron chi connectivity index (χ1n) is 9.46. The summed E-state index contributed by atoms with van der Waals surface area (Å²) in [5, 5.41) is 14.1. The maximum atomic E-state index is 14.6. The van der Waals surface area contributed by atoms with Gasteiger partial charge in [0.05, 0.1) is 23.3 Å². The van der Waals surface area contributed by atoms with Gasteiger partial charge in [-0.15, -0.1) is 0 Å². The van der Waals surface area contributed by atoms with Crippen LogP contribution in [0.4, 0.5) is 10.1 Å². The molecule has 0 unspecified atom stereocenters. The van der Waals surface area contributed by atoms with E-state index in [-0.39, 0.29) is 16.9 Å². The number of imidazole rings is 1. The standard InChI is InChI=1S/C24H18FN3O3/c1-15(17-7-6-16-4-2-3-5-18(16)11-17)10-23(29)27-21-13-20(25)22(12-19(21)24(30)31)28-9-8-26-14-28/h2-14H,1H3,(H,27,29)(H,30,31). The summed E-state index contributed by atoms with van der Waals surface area (Å²) >= 11 is 0. The number of halogens is 1. The summed E-state index contributed by atoms with van der Waals surface area (Å²) < 4.78 is 15.9. The molecule has 1 heterocycles. The summed E-state index contributed by atoms with van der Waals surface area (Å²) in [5.41, 5.74) is 1.22. The van der Waals surface area contributed by atoms with Crippen LogP contribution in [0.25, 0.3) is 22.0 Å². The maximum absolute atomic E-state index is 14.6. The van der Waals surface area contributed by atoms with Crippen molar-refractivity contribution < 1.29 is 19.1 Å². The van der Waals surface area contributed by atoms with Crippen molar-refractivity contribution in [2.24, 2.45) is 0 Å². The lowest BCUT2D eigenvalue weighted by Crippen LogP contribution is -2.14. The van der Waals surface area contributed by atoms with Gasteiger partial charge in [0, 0.05) is 24.5 Å². The number of carboxylic acids is 1. The lowest BCUT2D eigenvalue weighted by molar-refractivity contribution is -0.111. The van der Waals surface area contributed by atoms with Gasteiger partial charge in [0.1, 0.15) is 5.82 Å². The summed E-state index contributed by atoms with van der Waals surface area (Å²) in [5.74, 6) is -2.52. The second kappa shape index (κ2) is 8.23. The summed E-state index contributed by atoms with van der Waals surface area (Å²) in [6, 6.07) is 15.9. The molecule has 3 aromatic carbocycles. The Labute approximate surface area is 177 Å². The highest BCUT2D eigenvalue weighted by Crippen LogP contribution is 2.25. The molecule has 6 nitrogen and oxygen atoms in total. The van der Waals surface area contributed by atoms with Gasteiger partial charge in [-0.2, -0.15) is 0 Å². The first kappa shape index (κ1) is 20.0. The molecule has 0 aliphatic carbocycles. The van der Waals surface area contributed by atoms with Crippen LogP contribution in [0, 0.1) is 5.82 Å². The third kappa shape index (κ3) is 4.20. The Morgan fingerprint density at radius 2 is 1.87 bits per heavy atom. The Balaban J connectivity index is 1.62. The second-order valence-corrected chi connectivity index (χ2v) is 7.00. The molecule has 31 heavy (non-hydrogen) atoms. The molecule has 0 aliphatic rings. The van der Waals surface area contributed by atoms with Crippen LogP contribution in [0.3, 0.4) is 0 Å². The monoisotopic (exact) mass is 415 g/mol. The van der Waals surface area contributed by atoms with E-state index in [1.807, 2.05) is 42.5 Å². The van der Waals surface area contributed by atoms with Crippen molar-refractivity contribution in [3.63, 3.8) is 0 Å². The van der Waals surface area contributed by atoms with E-state index in [1.54, 1.807) is 6.92 Å². The zero-order chi connectivity index (χ0) is 22.0. The predicted molar refractivity (Wildman–Crippen MR) is 117 cm³/mol. The predicted octanol–water partition coefficient (Wildman–Crippen LogP) is 4.90. The number of rotatable bonds is 5. The van der Waals surface area contributed by atoms with Crippen molar-refractivity contribution in [1.82, 2.24) is 9.55 Å². The number of carbonyl (C=O) groups is 2. The highest BCUT2D eigenvalue weighted by atomic mass is 19.1. The van der Waals surface area contributed by atoms with Crippen molar-refractivity contribution in [2.75, 3.05) is 5.32 Å². The molecule has 0 bridgehead atoms. The highest BCUT2D eigenvalue weighted by molar-refractivity contribution is 6.07. The normalized spacial score (nSPS) is 11.5. The molecular formula is C24H18FN3O3. The molecule has 0 atom stereocenters. The van der Waals surface area contributed by atoms with Crippen LogP contribution in [0.1, 0.15) is 22.8 Å². The lowest BCUT2D eigenvalue weighted by Gasteiger charge is -2.12. The molecule has 0 fully saturated rings. The van der Waals surface area contributed by atoms with Gasteiger partial charge < -0.3 is 15.0 Å². The van der Waals surface area contributed by atoms with Crippen LogP contribution < -0.4 is 5.32 Å². The Bertz CT molecular complexity index is 1330. The summed E-state index contributed by atoms with van der Waals surface area (Å²) in [6.45, 7) is 1.78. The molecule has 154 valence electrons. The number of nitrogens with zero attached hydrogens (tertiary/aromatic N) is 2. The number of fused-ring (bicyclic) bond motifs is 1. The van der Waals surface area contributed by atoms with E-state index in [4.69, 9.17) is 0 Å². The number of carboxylic acid groups (broad SMARTS) is 1. The number of hydrogen-bond acceptors (Lipinski definition) is 3. The SMILES string of the molecule is CC(=CC(=O)Nc1cc(F)c(-n2ccnc2)cc1C(=O)O)c1ccc2ccccc2c1. The number of aromatic carboxylic acids is 1. The van der Waals surface area contributed by atoms with E-state index >= 15 is 0 Å². The number of hydrogen-bond donors (Lipinski definition) is 2. The molecule has 0 aliphatic heterocycles. The third-order valence-electron chi connectivity index (χ3n) is 4.91. The first-order valence-corrected chi connectivity index (χ1v) is 9.46. The molecule has 0 radical (unpaired) electrons. The number of allylic oxidation sites excluding steroid dienone is 1. The minimum absolute atomic E-state index is 0.0239. The van der Waals surface area contributed by atoms with Crippen LogP contribution in [-0.4, -0.2) is 26.5 Å². The van der Waals surface area contributed by atoms with Crippen molar-refractivity contribution in [3.05, 3.63) is 96.3 Å². The van der Waals surface area contributed by atoms with Crippen LogP contribution >= 0.6 is 0 Å². The Kier molecular flexibility index (Phi) is 5.32. The lowest BCUT2D eigenvalue weighted by atomic mass is 10.0. The van der Waals surface area contributed by atoms with Crippen molar-refractivity contribution in [1.29, 1.82) is 0 Å². The van der Waals surface area contributed by atoms with Gasteiger partial charge in [0.2, 0.25) is 5.91 Å².